The molecule has 0 radical (unpaired) electrons. The summed E-state index contributed by atoms with van der Waals surface area (Å²) in [5, 5.41) is 0. The van der Waals surface area contributed by atoms with Gasteiger partial charge in [0.15, 0.2) is 0 Å². The molecule has 1 aliphatic carbocycles. The molecule has 5 atom stereocenters. The summed E-state index contributed by atoms with van der Waals surface area (Å²) in [6.45, 7) is 7.81. The fourth-order valence-electron chi connectivity index (χ4n) is 3.83. The van der Waals surface area contributed by atoms with Crippen LogP contribution in [0.4, 0.5) is 0 Å². The van der Waals surface area contributed by atoms with Gasteiger partial charge in [-0.15, -0.1) is 0 Å². The standard InChI is InChI=1S/C14H27NO/c1-9-4-10(2)6-12(5-9)14(15)13-7-11(3)16-8-13/h9-14H,4-8,15H2,1-3H3. The van der Waals surface area contributed by atoms with Crippen LogP contribution in [-0.2, 0) is 4.74 Å². The van der Waals surface area contributed by atoms with Crippen LogP contribution in [0.25, 0.3) is 0 Å². The number of hydrogen-bond donors (Lipinski definition) is 1. The molecule has 0 bridgehead atoms. The van der Waals surface area contributed by atoms with Gasteiger partial charge in [0.1, 0.15) is 0 Å². The van der Waals surface area contributed by atoms with Crippen LogP contribution in [0.3, 0.4) is 0 Å². The molecule has 2 aliphatic rings. The average molecular weight is 225 g/mol. The van der Waals surface area contributed by atoms with Crippen molar-refractivity contribution >= 4 is 0 Å². The second-order valence-corrected chi connectivity index (χ2v) is 6.39. The third-order valence-corrected chi connectivity index (χ3v) is 4.53. The molecule has 2 N–H and O–H groups in total. The summed E-state index contributed by atoms with van der Waals surface area (Å²) in [5.41, 5.74) is 6.46. The van der Waals surface area contributed by atoms with Crippen molar-refractivity contribution in [2.24, 2.45) is 29.4 Å². The lowest BCUT2D eigenvalue weighted by molar-refractivity contribution is 0.109. The van der Waals surface area contributed by atoms with E-state index >= 15 is 0 Å². The first-order valence-electron chi connectivity index (χ1n) is 6.93. The van der Waals surface area contributed by atoms with E-state index in [0.717, 1.165) is 24.4 Å². The minimum atomic E-state index is 0.371. The summed E-state index contributed by atoms with van der Waals surface area (Å²) in [6, 6.07) is 0.371. The van der Waals surface area contributed by atoms with Gasteiger partial charge in [-0.05, 0) is 50.4 Å². The molecule has 1 saturated carbocycles. The Morgan fingerprint density at radius 2 is 1.56 bits per heavy atom. The highest BCUT2D eigenvalue weighted by Gasteiger charge is 2.35. The highest BCUT2D eigenvalue weighted by Crippen LogP contribution is 2.37. The predicted molar refractivity (Wildman–Crippen MR) is 67.2 cm³/mol. The Labute approximate surface area is 99.9 Å². The normalized spacial score (nSPS) is 46.9. The van der Waals surface area contributed by atoms with Crippen LogP contribution in [0.5, 0.6) is 0 Å². The molecule has 0 amide bonds. The van der Waals surface area contributed by atoms with Gasteiger partial charge in [0, 0.05) is 12.0 Å². The molecule has 94 valence electrons. The molecule has 0 aromatic carbocycles. The Hall–Kier alpha value is -0.0800. The molecular formula is C14H27NO. The maximum absolute atomic E-state index is 6.46. The lowest BCUT2D eigenvalue weighted by Gasteiger charge is -2.37. The third-order valence-electron chi connectivity index (χ3n) is 4.53. The lowest BCUT2D eigenvalue weighted by atomic mass is 9.71. The second-order valence-electron chi connectivity index (χ2n) is 6.39. The van der Waals surface area contributed by atoms with Gasteiger partial charge in [0.25, 0.3) is 0 Å². The van der Waals surface area contributed by atoms with E-state index < -0.39 is 0 Å². The monoisotopic (exact) mass is 225 g/mol. The number of hydrogen-bond acceptors (Lipinski definition) is 2. The van der Waals surface area contributed by atoms with E-state index in [2.05, 4.69) is 20.8 Å². The van der Waals surface area contributed by atoms with Gasteiger partial charge in [-0.2, -0.15) is 0 Å². The van der Waals surface area contributed by atoms with Gasteiger partial charge < -0.3 is 10.5 Å². The minimum absolute atomic E-state index is 0.371. The van der Waals surface area contributed by atoms with E-state index in [4.69, 9.17) is 10.5 Å². The van der Waals surface area contributed by atoms with Crippen molar-refractivity contribution in [3.63, 3.8) is 0 Å². The summed E-state index contributed by atoms with van der Waals surface area (Å²) >= 11 is 0. The van der Waals surface area contributed by atoms with Gasteiger partial charge in [-0.25, -0.2) is 0 Å². The van der Waals surface area contributed by atoms with Crippen LogP contribution >= 0.6 is 0 Å². The number of rotatable bonds is 2. The maximum atomic E-state index is 6.46. The minimum Gasteiger partial charge on any atom is -0.378 e. The van der Waals surface area contributed by atoms with Crippen molar-refractivity contribution in [2.45, 2.75) is 58.6 Å². The molecule has 1 aliphatic heterocycles. The SMILES string of the molecule is CC1CC(C)CC(C(N)C2COC(C)C2)C1. The van der Waals surface area contributed by atoms with E-state index in [1.807, 2.05) is 0 Å². The van der Waals surface area contributed by atoms with E-state index in [1.54, 1.807) is 0 Å². The molecule has 16 heavy (non-hydrogen) atoms. The smallest absolute Gasteiger partial charge is 0.0551 e. The van der Waals surface area contributed by atoms with Gasteiger partial charge in [-0.1, -0.05) is 13.8 Å². The topological polar surface area (TPSA) is 35.2 Å². The molecule has 2 rings (SSSR count). The van der Waals surface area contributed by atoms with Gasteiger partial charge in [0.2, 0.25) is 0 Å². The highest BCUT2D eigenvalue weighted by molar-refractivity contribution is 4.88. The molecule has 2 heteroatoms. The van der Waals surface area contributed by atoms with E-state index in [-0.39, 0.29) is 0 Å². The quantitative estimate of drug-likeness (QED) is 0.784. The number of ether oxygens (including phenoxy) is 1. The fraction of sp³-hybridized carbons (Fsp3) is 1.00. The molecule has 0 aromatic heterocycles. The van der Waals surface area contributed by atoms with Crippen LogP contribution in [-0.4, -0.2) is 18.8 Å². The van der Waals surface area contributed by atoms with E-state index in [0.29, 0.717) is 18.1 Å². The average Bonchev–Trinajstić information content (AvgIpc) is 2.62. The van der Waals surface area contributed by atoms with Crippen LogP contribution in [0.2, 0.25) is 0 Å². The Bertz CT molecular complexity index is 221. The van der Waals surface area contributed by atoms with E-state index in [1.165, 1.54) is 25.7 Å². The summed E-state index contributed by atoms with van der Waals surface area (Å²) < 4.78 is 5.65. The van der Waals surface area contributed by atoms with Crippen LogP contribution in [0, 0.1) is 23.7 Å². The second kappa shape index (κ2) is 5.05. The first-order valence-corrected chi connectivity index (χ1v) is 6.93. The van der Waals surface area contributed by atoms with Gasteiger partial charge in [-0.3, -0.25) is 0 Å². The molecular weight excluding hydrogens is 198 g/mol. The van der Waals surface area contributed by atoms with Crippen molar-refractivity contribution in [3.8, 4) is 0 Å². The molecule has 1 saturated heterocycles. The fourth-order valence-corrected chi connectivity index (χ4v) is 3.83. The molecule has 0 spiro atoms. The van der Waals surface area contributed by atoms with Gasteiger partial charge >= 0.3 is 0 Å². The summed E-state index contributed by atoms with van der Waals surface area (Å²) in [7, 11) is 0. The summed E-state index contributed by atoms with van der Waals surface area (Å²) in [6.07, 6.45) is 5.64. The number of nitrogens with two attached hydrogens (primary N) is 1. The zero-order valence-electron chi connectivity index (χ0n) is 11.0. The van der Waals surface area contributed by atoms with Gasteiger partial charge in [0.05, 0.1) is 12.7 Å². The van der Waals surface area contributed by atoms with Crippen molar-refractivity contribution in [2.75, 3.05) is 6.61 Å². The summed E-state index contributed by atoms with van der Waals surface area (Å²) in [4.78, 5) is 0. The molecule has 1 heterocycles. The lowest BCUT2D eigenvalue weighted by Crippen LogP contribution is -2.41. The predicted octanol–water partition coefficient (Wildman–Crippen LogP) is 2.81. The first kappa shape index (κ1) is 12.4. The first-order chi connectivity index (χ1) is 7.56. The molecule has 2 nitrogen and oxygen atoms in total. The van der Waals surface area contributed by atoms with Crippen molar-refractivity contribution in [3.05, 3.63) is 0 Å². The Morgan fingerprint density at radius 1 is 0.938 bits per heavy atom. The molecule has 0 aromatic rings. The van der Waals surface area contributed by atoms with Crippen molar-refractivity contribution < 1.29 is 4.74 Å². The Balaban J connectivity index is 1.90. The van der Waals surface area contributed by atoms with Crippen molar-refractivity contribution in [1.82, 2.24) is 0 Å². The Kier molecular flexibility index (Phi) is 3.91. The van der Waals surface area contributed by atoms with E-state index in [9.17, 15) is 0 Å². The Morgan fingerprint density at radius 3 is 2.06 bits per heavy atom. The third kappa shape index (κ3) is 2.78. The van der Waals surface area contributed by atoms with Crippen molar-refractivity contribution in [1.29, 1.82) is 0 Å². The van der Waals surface area contributed by atoms with Crippen LogP contribution < -0.4 is 5.73 Å². The van der Waals surface area contributed by atoms with Crippen LogP contribution in [0.1, 0.15) is 46.5 Å². The van der Waals surface area contributed by atoms with Crippen LogP contribution in [0.15, 0.2) is 0 Å². The summed E-state index contributed by atoms with van der Waals surface area (Å²) in [5.74, 6) is 3.06. The zero-order valence-corrected chi connectivity index (χ0v) is 11.0. The molecule has 5 unspecified atom stereocenters. The largest absolute Gasteiger partial charge is 0.378 e. The molecule has 2 fully saturated rings. The maximum Gasteiger partial charge on any atom is 0.0551 e. The zero-order chi connectivity index (χ0) is 11.7. The highest BCUT2D eigenvalue weighted by atomic mass is 16.5.